The highest BCUT2D eigenvalue weighted by Gasteiger charge is 2.16. The number of carbonyl (C=O) groups excluding carboxylic acids is 1. The highest BCUT2D eigenvalue weighted by Crippen LogP contribution is 2.35. The Bertz CT molecular complexity index is 1260. The summed E-state index contributed by atoms with van der Waals surface area (Å²) in [5, 5.41) is 2.68. The Labute approximate surface area is 190 Å². The Morgan fingerprint density at radius 2 is 1.82 bits per heavy atom. The third-order valence-corrected chi connectivity index (χ3v) is 4.47. The lowest BCUT2D eigenvalue weighted by atomic mass is 10.1. The average molecular weight is 440 g/mol. The van der Waals surface area contributed by atoms with Crippen molar-refractivity contribution in [2.24, 2.45) is 0 Å². The van der Waals surface area contributed by atoms with E-state index in [0.29, 0.717) is 29.2 Å². The predicted molar refractivity (Wildman–Crippen MR) is 124 cm³/mol. The second-order valence-electron chi connectivity index (χ2n) is 6.79. The predicted octanol–water partition coefficient (Wildman–Crippen LogP) is 4.01. The van der Waals surface area contributed by atoms with E-state index >= 15 is 0 Å². The zero-order valence-corrected chi connectivity index (χ0v) is 17.5. The maximum atomic E-state index is 11.6. The van der Waals surface area contributed by atoms with Crippen molar-refractivity contribution in [2.75, 3.05) is 11.1 Å². The fourth-order valence-electron chi connectivity index (χ4n) is 2.92. The SMILES string of the molecule is C=CC(=O)Nc1cccc(Oc2ncnc(N)c2-c2cnc(OCc3ccccc3)nc2)c1. The molecule has 9 nitrogen and oxygen atoms in total. The number of nitrogens with zero attached hydrogens (tertiary/aromatic N) is 4. The van der Waals surface area contributed by atoms with Crippen LogP contribution in [0.4, 0.5) is 11.5 Å². The second kappa shape index (κ2) is 10.0. The maximum absolute atomic E-state index is 11.6. The minimum absolute atomic E-state index is 0.206. The molecule has 0 fully saturated rings. The molecule has 0 saturated heterocycles. The lowest BCUT2D eigenvalue weighted by Crippen LogP contribution is -2.07. The molecule has 164 valence electrons. The van der Waals surface area contributed by atoms with Gasteiger partial charge in [0.2, 0.25) is 11.8 Å². The summed E-state index contributed by atoms with van der Waals surface area (Å²) >= 11 is 0. The van der Waals surface area contributed by atoms with Crippen LogP contribution >= 0.6 is 0 Å². The first-order chi connectivity index (χ1) is 16.1. The Hall–Kier alpha value is -4.79. The van der Waals surface area contributed by atoms with Crippen molar-refractivity contribution in [1.29, 1.82) is 0 Å². The van der Waals surface area contributed by atoms with Gasteiger partial charge < -0.3 is 20.5 Å². The van der Waals surface area contributed by atoms with E-state index < -0.39 is 0 Å². The first kappa shape index (κ1) is 21.4. The number of anilines is 2. The molecule has 0 atom stereocenters. The van der Waals surface area contributed by atoms with Crippen LogP contribution in [0.3, 0.4) is 0 Å². The number of hydrogen-bond acceptors (Lipinski definition) is 8. The van der Waals surface area contributed by atoms with Crippen LogP contribution in [0.15, 0.2) is 86.0 Å². The van der Waals surface area contributed by atoms with E-state index in [1.54, 1.807) is 36.7 Å². The minimum Gasteiger partial charge on any atom is -0.459 e. The molecule has 2 aromatic carbocycles. The molecular formula is C24H20N6O3. The number of benzene rings is 2. The van der Waals surface area contributed by atoms with E-state index in [4.69, 9.17) is 15.2 Å². The molecule has 0 saturated carbocycles. The van der Waals surface area contributed by atoms with Crippen LogP contribution in [0, 0.1) is 0 Å². The van der Waals surface area contributed by atoms with Gasteiger partial charge in [0, 0.05) is 29.7 Å². The number of aromatic nitrogens is 4. The van der Waals surface area contributed by atoms with E-state index in [-0.39, 0.29) is 23.6 Å². The summed E-state index contributed by atoms with van der Waals surface area (Å²) in [5.74, 6) is 0.541. The van der Waals surface area contributed by atoms with Crippen LogP contribution in [0.2, 0.25) is 0 Å². The number of rotatable bonds is 8. The van der Waals surface area contributed by atoms with Crippen LogP contribution < -0.4 is 20.5 Å². The summed E-state index contributed by atoms with van der Waals surface area (Å²) < 4.78 is 11.6. The normalized spacial score (nSPS) is 10.3. The summed E-state index contributed by atoms with van der Waals surface area (Å²) in [6.45, 7) is 3.79. The molecule has 9 heteroatoms. The molecule has 3 N–H and O–H groups in total. The largest absolute Gasteiger partial charge is 0.459 e. The van der Waals surface area contributed by atoms with Gasteiger partial charge in [-0.05, 0) is 23.8 Å². The van der Waals surface area contributed by atoms with Crippen LogP contribution in [-0.2, 0) is 11.4 Å². The molecule has 1 amide bonds. The summed E-state index contributed by atoms with van der Waals surface area (Å²) in [6, 6.07) is 16.8. The molecule has 4 aromatic rings. The molecule has 2 heterocycles. The van der Waals surface area contributed by atoms with E-state index in [9.17, 15) is 4.79 Å². The molecule has 0 aliphatic rings. The highest BCUT2D eigenvalue weighted by molar-refractivity contribution is 5.98. The van der Waals surface area contributed by atoms with Gasteiger partial charge in [-0.3, -0.25) is 4.79 Å². The molecule has 0 aliphatic carbocycles. The van der Waals surface area contributed by atoms with Gasteiger partial charge in [-0.15, -0.1) is 0 Å². The summed E-state index contributed by atoms with van der Waals surface area (Å²) in [4.78, 5) is 28.3. The Morgan fingerprint density at radius 3 is 2.58 bits per heavy atom. The maximum Gasteiger partial charge on any atom is 0.316 e. The Morgan fingerprint density at radius 1 is 1.03 bits per heavy atom. The first-order valence-corrected chi connectivity index (χ1v) is 9.93. The molecule has 33 heavy (non-hydrogen) atoms. The van der Waals surface area contributed by atoms with Gasteiger partial charge in [0.15, 0.2) is 0 Å². The smallest absolute Gasteiger partial charge is 0.316 e. The van der Waals surface area contributed by atoms with E-state index in [1.807, 2.05) is 30.3 Å². The zero-order valence-electron chi connectivity index (χ0n) is 17.5. The van der Waals surface area contributed by atoms with Crippen molar-refractivity contribution in [2.45, 2.75) is 6.61 Å². The number of hydrogen-bond donors (Lipinski definition) is 2. The van der Waals surface area contributed by atoms with Gasteiger partial charge in [0.05, 0.1) is 5.56 Å². The van der Waals surface area contributed by atoms with Gasteiger partial charge in [-0.25, -0.2) is 19.9 Å². The minimum atomic E-state index is -0.328. The van der Waals surface area contributed by atoms with Crippen molar-refractivity contribution in [3.05, 3.63) is 91.5 Å². The van der Waals surface area contributed by atoms with Crippen LogP contribution in [-0.4, -0.2) is 25.8 Å². The van der Waals surface area contributed by atoms with E-state index in [2.05, 4.69) is 31.8 Å². The number of nitrogen functional groups attached to an aromatic ring is 1. The van der Waals surface area contributed by atoms with Crippen molar-refractivity contribution in [3.63, 3.8) is 0 Å². The monoisotopic (exact) mass is 440 g/mol. The molecular weight excluding hydrogens is 420 g/mol. The summed E-state index contributed by atoms with van der Waals surface area (Å²) in [5.41, 5.74) is 8.66. The fraction of sp³-hybridized carbons (Fsp3) is 0.0417. The standard InChI is InChI=1S/C24H20N6O3/c1-2-20(31)30-18-9-6-10-19(11-18)33-23-21(22(25)28-15-29-23)17-12-26-24(27-13-17)32-14-16-7-4-3-5-8-16/h2-13,15H,1,14H2,(H,30,31)(H2,25,28,29). The lowest BCUT2D eigenvalue weighted by molar-refractivity contribution is -0.111. The van der Waals surface area contributed by atoms with Gasteiger partial charge in [-0.2, -0.15) is 0 Å². The first-order valence-electron chi connectivity index (χ1n) is 9.93. The highest BCUT2D eigenvalue weighted by atomic mass is 16.5. The zero-order chi connectivity index (χ0) is 23.0. The molecule has 0 spiro atoms. The van der Waals surface area contributed by atoms with Crippen molar-refractivity contribution in [3.8, 4) is 28.8 Å². The molecule has 2 aromatic heterocycles. The third-order valence-electron chi connectivity index (χ3n) is 4.47. The number of amides is 1. The second-order valence-corrected chi connectivity index (χ2v) is 6.79. The molecule has 0 aliphatic heterocycles. The third kappa shape index (κ3) is 5.47. The number of nitrogens with one attached hydrogen (secondary N) is 1. The van der Waals surface area contributed by atoms with Crippen molar-refractivity contribution < 1.29 is 14.3 Å². The number of carbonyl (C=O) groups is 1. The van der Waals surface area contributed by atoms with Crippen LogP contribution in [0.5, 0.6) is 17.6 Å². The van der Waals surface area contributed by atoms with Gasteiger partial charge >= 0.3 is 6.01 Å². The van der Waals surface area contributed by atoms with Gasteiger partial charge in [0.1, 0.15) is 24.5 Å². The topological polar surface area (TPSA) is 125 Å². The van der Waals surface area contributed by atoms with Crippen molar-refractivity contribution >= 4 is 17.4 Å². The molecule has 0 radical (unpaired) electrons. The van der Waals surface area contributed by atoms with E-state index in [1.165, 1.54) is 12.4 Å². The van der Waals surface area contributed by atoms with Gasteiger partial charge in [0.25, 0.3) is 0 Å². The quantitative estimate of drug-likeness (QED) is 0.394. The Balaban J connectivity index is 1.54. The molecule has 4 rings (SSSR count). The van der Waals surface area contributed by atoms with Gasteiger partial charge in [-0.1, -0.05) is 43.0 Å². The lowest BCUT2D eigenvalue weighted by Gasteiger charge is -2.12. The Kier molecular flexibility index (Phi) is 6.51. The van der Waals surface area contributed by atoms with Crippen molar-refractivity contribution in [1.82, 2.24) is 19.9 Å². The fourth-order valence-corrected chi connectivity index (χ4v) is 2.92. The average Bonchev–Trinajstić information content (AvgIpc) is 2.84. The number of nitrogens with two attached hydrogens (primary N) is 1. The molecule has 0 bridgehead atoms. The van der Waals surface area contributed by atoms with Crippen LogP contribution in [0.1, 0.15) is 5.56 Å². The summed E-state index contributed by atoms with van der Waals surface area (Å²) in [6.07, 6.45) is 5.62. The summed E-state index contributed by atoms with van der Waals surface area (Å²) in [7, 11) is 0. The number of ether oxygens (including phenoxy) is 2. The van der Waals surface area contributed by atoms with Crippen LogP contribution in [0.25, 0.3) is 11.1 Å². The molecule has 0 unspecified atom stereocenters. The van der Waals surface area contributed by atoms with E-state index in [0.717, 1.165) is 5.56 Å².